The third-order valence-corrected chi connectivity index (χ3v) is 4.46. The van der Waals surface area contributed by atoms with Gasteiger partial charge in [0.05, 0.1) is 16.2 Å². The summed E-state index contributed by atoms with van der Waals surface area (Å²) in [5.74, 6) is -1.27. The topological polar surface area (TPSA) is 114 Å². The summed E-state index contributed by atoms with van der Waals surface area (Å²) in [4.78, 5) is 37.7. The van der Waals surface area contributed by atoms with Gasteiger partial charge in [0.2, 0.25) is 5.78 Å². The number of ether oxygens (including phenoxy) is 1. The lowest BCUT2D eigenvalue weighted by molar-refractivity contribution is -0.384. The maximum Gasteiger partial charge on any atom is 0.340 e. The Morgan fingerprint density at radius 3 is 2.62 bits per heavy atom. The van der Waals surface area contributed by atoms with Crippen molar-refractivity contribution in [2.45, 2.75) is 6.54 Å². The second-order valence-electron chi connectivity index (χ2n) is 6.02. The van der Waals surface area contributed by atoms with E-state index in [1.54, 1.807) is 30.5 Å². The molecule has 0 amide bonds. The Balaban J connectivity index is 1.78. The van der Waals surface area contributed by atoms with Crippen LogP contribution in [-0.2, 0) is 11.3 Å². The van der Waals surface area contributed by atoms with Gasteiger partial charge < -0.3 is 15.0 Å². The SMILES string of the molecule is O=C(COC(=O)c1cc([N+](=O)[O-])ccc1NCc1ccccc1Cl)c1ccc[nH]1. The highest BCUT2D eigenvalue weighted by Crippen LogP contribution is 2.25. The summed E-state index contributed by atoms with van der Waals surface area (Å²) in [6.45, 7) is -0.203. The highest BCUT2D eigenvalue weighted by Gasteiger charge is 2.20. The standard InChI is InChI=1S/C20H16ClN3O5/c21-16-5-2-1-4-13(16)11-23-17-8-7-14(24(27)28)10-15(17)20(26)29-12-19(25)18-6-3-9-22-18/h1-10,22-23H,11-12H2. The van der Waals surface area contributed by atoms with Gasteiger partial charge in [0.1, 0.15) is 0 Å². The molecule has 0 unspecified atom stereocenters. The van der Waals surface area contributed by atoms with Crippen molar-refractivity contribution >= 4 is 34.7 Å². The van der Waals surface area contributed by atoms with Gasteiger partial charge in [0.15, 0.2) is 6.61 Å². The number of hydrogen-bond acceptors (Lipinski definition) is 6. The number of aromatic nitrogens is 1. The number of nitrogens with one attached hydrogen (secondary N) is 2. The summed E-state index contributed by atoms with van der Waals surface area (Å²) in [5, 5.41) is 14.7. The Morgan fingerprint density at radius 1 is 1.14 bits per heavy atom. The minimum atomic E-state index is -0.852. The molecule has 0 aliphatic carbocycles. The van der Waals surface area contributed by atoms with Gasteiger partial charge in [-0.25, -0.2) is 4.79 Å². The third-order valence-electron chi connectivity index (χ3n) is 4.09. The number of benzene rings is 2. The first-order chi connectivity index (χ1) is 14.0. The normalized spacial score (nSPS) is 10.4. The number of carbonyl (C=O) groups is 2. The van der Waals surface area contributed by atoms with E-state index in [1.165, 1.54) is 12.1 Å². The molecule has 0 aliphatic rings. The smallest absolute Gasteiger partial charge is 0.340 e. The van der Waals surface area contributed by atoms with Crippen LogP contribution in [0.4, 0.5) is 11.4 Å². The molecule has 0 atom stereocenters. The molecule has 0 radical (unpaired) electrons. The van der Waals surface area contributed by atoms with E-state index in [0.717, 1.165) is 11.6 Å². The number of anilines is 1. The van der Waals surface area contributed by atoms with E-state index in [9.17, 15) is 19.7 Å². The van der Waals surface area contributed by atoms with Crippen LogP contribution in [0.2, 0.25) is 5.02 Å². The van der Waals surface area contributed by atoms with E-state index in [1.807, 2.05) is 12.1 Å². The molecular weight excluding hydrogens is 398 g/mol. The average molecular weight is 414 g/mol. The van der Waals surface area contributed by atoms with Crippen molar-refractivity contribution in [1.29, 1.82) is 0 Å². The average Bonchev–Trinajstić information content (AvgIpc) is 3.26. The number of nitrogens with zero attached hydrogens (tertiary/aromatic N) is 1. The Bertz CT molecular complexity index is 1050. The lowest BCUT2D eigenvalue weighted by atomic mass is 10.1. The molecule has 0 spiro atoms. The molecule has 148 valence electrons. The Hall–Kier alpha value is -3.65. The Kier molecular flexibility index (Phi) is 6.25. The van der Waals surface area contributed by atoms with E-state index in [2.05, 4.69) is 10.3 Å². The molecule has 2 N–H and O–H groups in total. The molecule has 3 aromatic rings. The van der Waals surface area contributed by atoms with Crippen LogP contribution in [0.1, 0.15) is 26.4 Å². The van der Waals surface area contributed by atoms with Crippen molar-refractivity contribution < 1.29 is 19.2 Å². The van der Waals surface area contributed by atoms with Crippen LogP contribution in [0.5, 0.6) is 0 Å². The Morgan fingerprint density at radius 2 is 1.93 bits per heavy atom. The molecule has 0 saturated carbocycles. The number of Topliss-reactive ketones (excluding diaryl/α,β-unsaturated/α-hetero) is 1. The first-order valence-electron chi connectivity index (χ1n) is 8.55. The van der Waals surface area contributed by atoms with Crippen molar-refractivity contribution in [3.8, 4) is 0 Å². The fraction of sp³-hybridized carbons (Fsp3) is 0.100. The maximum absolute atomic E-state index is 12.5. The van der Waals surface area contributed by atoms with Crippen molar-refractivity contribution in [2.24, 2.45) is 0 Å². The zero-order valence-electron chi connectivity index (χ0n) is 15.1. The number of nitro benzene ring substituents is 1. The first-order valence-corrected chi connectivity index (χ1v) is 8.93. The van der Waals surface area contributed by atoms with E-state index < -0.39 is 23.3 Å². The number of halogens is 1. The van der Waals surface area contributed by atoms with E-state index in [0.29, 0.717) is 22.9 Å². The molecule has 3 rings (SSSR count). The third kappa shape index (κ3) is 4.99. The van der Waals surface area contributed by atoms with Crippen molar-refractivity contribution in [1.82, 2.24) is 4.98 Å². The predicted octanol–water partition coefficient (Wildman–Crippen LogP) is 4.23. The highest BCUT2D eigenvalue weighted by atomic mass is 35.5. The zero-order valence-corrected chi connectivity index (χ0v) is 15.8. The highest BCUT2D eigenvalue weighted by molar-refractivity contribution is 6.31. The lowest BCUT2D eigenvalue weighted by Gasteiger charge is -2.12. The maximum atomic E-state index is 12.5. The van der Waals surface area contributed by atoms with Gasteiger partial charge in [-0.15, -0.1) is 0 Å². The van der Waals surface area contributed by atoms with Gasteiger partial charge in [-0.3, -0.25) is 14.9 Å². The largest absolute Gasteiger partial charge is 0.454 e. The van der Waals surface area contributed by atoms with E-state index >= 15 is 0 Å². The summed E-state index contributed by atoms with van der Waals surface area (Å²) in [5.41, 5.74) is 1.09. The number of rotatable bonds is 8. The van der Waals surface area contributed by atoms with Crippen LogP contribution in [-0.4, -0.2) is 28.3 Å². The first kappa shape index (κ1) is 20.1. The van der Waals surface area contributed by atoms with Crippen LogP contribution < -0.4 is 5.32 Å². The lowest BCUT2D eigenvalue weighted by Crippen LogP contribution is -2.16. The minimum Gasteiger partial charge on any atom is -0.454 e. The molecule has 0 bridgehead atoms. The van der Waals surface area contributed by atoms with Gasteiger partial charge in [0.25, 0.3) is 5.69 Å². The van der Waals surface area contributed by atoms with Crippen LogP contribution in [0.3, 0.4) is 0 Å². The van der Waals surface area contributed by atoms with Gasteiger partial charge in [-0.1, -0.05) is 29.8 Å². The molecule has 0 aliphatic heterocycles. The number of non-ortho nitro benzene ring substituents is 1. The molecule has 2 aromatic carbocycles. The number of ketones is 1. The molecular formula is C20H16ClN3O5. The molecule has 8 nitrogen and oxygen atoms in total. The van der Waals surface area contributed by atoms with Gasteiger partial charge >= 0.3 is 5.97 Å². The number of esters is 1. The quantitative estimate of drug-likeness (QED) is 0.247. The zero-order chi connectivity index (χ0) is 20.8. The molecule has 0 saturated heterocycles. The summed E-state index contributed by atoms with van der Waals surface area (Å²) < 4.78 is 5.07. The molecule has 0 fully saturated rings. The summed E-state index contributed by atoms with van der Waals surface area (Å²) >= 11 is 6.13. The molecule has 9 heteroatoms. The fourth-order valence-electron chi connectivity index (χ4n) is 2.59. The molecule has 29 heavy (non-hydrogen) atoms. The monoisotopic (exact) mass is 413 g/mol. The van der Waals surface area contributed by atoms with Crippen LogP contribution in [0, 0.1) is 10.1 Å². The van der Waals surface area contributed by atoms with Crippen molar-refractivity contribution in [3.05, 3.63) is 92.8 Å². The number of carbonyl (C=O) groups excluding carboxylic acids is 2. The molecule has 1 aromatic heterocycles. The molecule has 1 heterocycles. The number of hydrogen-bond donors (Lipinski definition) is 2. The second kappa shape index (κ2) is 9.03. The van der Waals surface area contributed by atoms with Crippen LogP contribution >= 0.6 is 11.6 Å². The van der Waals surface area contributed by atoms with Crippen molar-refractivity contribution in [2.75, 3.05) is 11.9 Å². The predicted molar refractivity (Wildman–Crippen MR) is 107 cm³/mol. The van der Waals surface area contributed by atoms with Gasteiger partial charge in [0, 0.05) is 35.6 Å². The van der Waals surface area contributed by atoms with Crippen LogP contribution in [0.25, 0.3) is 0 Å². The number of nitro groups is 1. The fourth-order valence-corrected chi connectivity index (χ4v) is 2.79. The summed E-state index contributed by atoms with van der Waals surface area (Å²) in [6, 6.07) is 14.2. The Labute approximate surface area is 170 Å². The van der Waals surface area contributed by atoms with E-state index in [-0.39, 0.29) is 11.3 Å². The van der Waals surface area contributed by atoms with E-state index in [4.69, 9.17) is 16.3 Å². The van der Waals surface area contributed by atoms with Crippen LogP contribution in [0.15, 0.2) is 60.8 Å². The van der Waals surface area contributed by atoms with Gasteiger partial charge in [-0.05, 0) is 29.8 Å². The van der Waals surface area contributed by atoms with Gasteiger partial charge in [-0.2, -0.15) is 0 Å². The summed E-state index contributed by atoms with van der Waals surface area (Å²) in [7, 11) is 0. The number of aromatic amines is 1. The number of H-pyrrole nitrogens is 1. The van der Waals surface area contributed by atoms with Crippen molar-refractivity contribution in [3.63, 3.8) is 0 Å². The second-order valence-corrected chi connectivity index (χ2v) is 6.42. The summed E-state index contributed by atoms with van der Waals surface area (Å²) in [6.07, 6.45) is 1.58. The minimum absolute atomic E-state index is 0.0504.